The monoisotopic (exact) mass is 1820 g/mol. The van der Waals surface area contributed by atoms with E-state index in [0.717, 1.165) is 225 Å². The first-order chi connectivity index (χ1) is 58.8. The summed E-state index contributed by atoms with van der Waals surface area (Å²) in [6.07, 6.45) is 2.05. The summed E-state index contributed by atoms with van der Waals surface area (Å²) >= 11 is 2.51. The molecule has 9 N–H and O–H groups in total. The van der Waals surface area contributed by atoms with E-state index in [2.05, 4.69) is 84.6 Å². The fourth-order valence-corrected chi connectivity index (χ4v) is 17.2. The van der Waals surface area contributed by atoms with Crippen LogP contribution in [0.5, 0.6) is 0 Å². The summed E-state index contributed by atoms with van der Waals surface area (Å²) in [7, 11) is 1.00. The number of nitrogens with one attached hydrogen (secondary N) is 6. The average molecular weight is 1820 g/mol. The minimum absolute atomic E-state index is 0. The van der Waals surface area contributed by atoms with Crippen molar-refractivity contribution in [2.24, 2.45) is 0 Å². The van der Waals surface area contributed by atoms with Crippen molar-refractivity contribution in [2.75, 3.05) is 212 Å². The standard InChI is InChI=1S/C21H25N5O2S.C19H23F3N4O2.C17H24N4O.C10H11NO2.C9H14F3N3O.C4H3NO2S.CH2O3.CH4O.2K.H/c27-20(16-3-4-18-15(12-16)2-1-5-22-18)26-13-17(14-26)24-7-9-25(10-8-24)21(28)19-23-6-11-29-19;20-19(21,22)18(28)25-8-6-24(7-9-25)15-11-26(12-15)17(27)14-3-4-16-13(10-14)2-1-5-23-16;22-17(14-3-4-16-13(10-14)2-1-5-19-16)21-11-15(12-21)20-8-6-18-7-9-20;12-10(13)8-3-4-9-7(6-8)2-1-5-11-9;10-9(11,12)8(16)15-3-1-14(2-4-15)7-5-13-6-7;6-4(7)3-5-1-2-8-3;2-1-4-3;1-2;;;/h3-4,6,11-12,17,22H,1-2,5,7-10,13-14H2;3-4,10,15,23H,1-2,5-9,11-12H2;3-4,10,15,18-19H,1-2,5-9,11-12H2;3-4,6,11H,1-2,5H2,(H,12,13);7,13H,1-6H2;1-2H,(H,6,7);1,3H;2H,1H3;;;/q;;;;;;;;2*+1;-1/p-1. The molecule has 6 aromatic rings. The molecule has 0 radical (unpaired) electrons. The van der Waals surface area contributed by atoms with Crippen molar-refractivity contribution in [3.05, 3.63) is 150 Å². The number of rotatable bonds is 11. The number of hydrogen-bond donors (Lipinski definition) is 9. The Morgan fingerprint density at radius 2 is 0.726 bits per heavy atom. The molecule has 124 heavy (non-hydrogen) atoms. The van der Waals surface area contributed by atoms with Crippen LogP contribution in [0.15, 0.2) is 96.0 Å². The SMILES string of the molecule is CO.O=C(N1CCN(C2CNC2)CC1)C(F)(F)F.O=C(O)c1ccc2c(c1)CCCN2.O=C(O)c1nccs1.O=C(c1ccc2c(c1)CCCN2)N1CC(N2CCN(C(=O)C(F)(F)F)CC2)C1.O=C(c1ccc2c(c1)CCCN2)N1CC(N2CCN(C(=O)c3nccs3)CC2)C1.O=C(c1ccc2c(c1)CCCN2)N1CC(N2CCNCC2)C1.O=CO[O-].[H-].[K+].[K+]. The molecular weight excluding hydrogens is 1720 g/mol. The number of carbonyl (C=O) groups excluding carboxylic acids is 7. The van der Waals surface area contributed by atoms with Gasteiger partial charge in [-0.25, -0.2) is 19.6 Å². The number of fused-ring (bicyclic) bond motifs is 4. The van der Waals surface area contributed by atoms with Gasteiger partial charge in [-0.2, -0.15) is 26.3 Å². The van der Waals surface area contributed by atoms with Gasteiger partial charge in [0.2, 0.25) is 5.01 Å². The van der Waals surface area contributed by atoms with Crippen LogP contribution in [0, 0.1) is 0 Å². The second kappa shape index (κ2) is 49.0. The molecule has 32 nitrogen and oxygen atoms in total. The van der Waals surface area contributed by atoms with Gasteiger partial charge < -0.3 is 88.2 Å². The zero-order chi connectivity index (χ0) is 87.0. The Balaban J connectivity index is 0.000000189. The largest absolute Gasteiger partial charge is 1.00 e. The van der Waals surface area contributed by atoms with Gasteiger partial charge in [-0.05, 0) is 146 Å². The Labute approximate surface area is 809 Å². The van der Waals surface area contributed by atoms with E-state index in [1.807, 2.05) is 62.5 Å². The molecule has 8 saturated heterocycles. The van der Waals surface area contributed by atoms with E-state index < -0.39 is 36.1 Å². The van der Waals surface area contributed by atoms with Crippen LogP contribution in [0.1, 0.15) is 110 Å². The Hall–Kier alpha value is -6.90. The number of aliphatic hydroxyl groups is 1. The average Bonchev–Trinajstić information content (AvgIpc) is 1.45. The number of benzene rings is 4. The molecule has 6 amide bonds. The molecule has 0 atom stereocenters. The van der Waals surface area contributed by atoms with Crippen LogP contribution in [0.2, 0.25) is 0 Å². The predicted octanol–water partition coefficient (Wildman–Crippen LogP) is -1.45. The van der Waals surface area contributed by atoms with Gasteiger partial charge in [-0.1, -0.05) is 0 Å². The second-order valence-corrected chi connectivity index (χ2v) is 32.5. The molecule has 42 heteroatoms. The van der Waals surface area contributed by atoms with E-state index in [0.29, 0.717) is 73.5 Å². The van der Waals surface area contributed by atoms with Crippen LogP contribution >= 0.6 is 22.7 Å². The van der Waals surface area contributed by atoms with Crippen LogP contribution < -0.4 is 140 Å². The third-order valence-electron chi connectivity index (χ3n) is 23.1. The Kier molecular flexibility index (Phi) is 39.9. The molecule has 0 bridgehead atoms. The molecule has 14 heterocycles. The number of carboxylic acids is 2. The molecule has 0 unspecified atom stereocenters. The summed E-state index contributed by atoms with van der Waals surface area (Å²) in [6, 6.07) is 24.7. The molecular formula is C82H106F6K2N18O14S2. The fraction of sp³-hybridized carbons (Fsp3) is 0.524. The number of amides is 6. The van der Waals surface area contributed by atoms with Gasteiger partial charge in [0.25, 0.3) is 30.1 Å². The van der Waals surface area contributed by atoms with Crippen molar-refractivity contribution in [1.82, 2.24) is 69.6 Å². The summed E-state index contributed by atoms with van der Waals surface area (Å²) in [5, 5.41) is 56.4. The van der Waals surface area contributed by atoms with Crippen LogP contribution in [0.4, 0.5) is 49.1 Å². The molecule has 0 saturated carbocycles. The van der Waals surface area contributed by atoms with Crippen molar-refractivity contribution < 1.29 is 199 Å². The number of aliphatic hydroxyl groups excluding tert-OH is 1. The van der Waals surface area contributed by atoms with Crippen molar-refractivity contribution in [2.45, 2.75) is 87.9 Å². The van der Waals surface area contributed by atoms with Crippen molar-refractivity contribution in [3.8, 4) is 0 Å². The predicted molar refractivity (Wildman–Crippen MR) is 444 cm³/mol. The summed E-state index contributed by atoms with van der Waals surface area (Å²) in [5.74, 6) is -4.93. The number of aromatic carboxylic acids is 2. The van der Waals surface area contributed by atoms with Gasteiger partial charge >= 0.3 is 139 Å². The summed E-state index contributed by atoms with van der Waals surface area (Å²) < 4.78 is 74.0. The molecule has 0 aliphatic carbocycles. The number of piperazine rings is 4. The number of likely N-dealkylation sites (tertiary alicyclic amines) is 3. The number of carboxylic acid groups (broad SMARTS) is 2. The van der Waals surface area contributed by atoms with Gasteiger partial charge in [-0.3, -0.25) is 53.2 Å². The zero-order valence-electron chi connectivity index (χ0n) is 70.9. The van der Waals surface area contributed by atoms with E-state index in [1.165, 1.54) is 45.6 Å². The number of halogens is 6. The maximum Gasteiger partial charge on any atom is 1.00 e. The van der Waals surface area contributed by atoms with E-state index in [-0.39, 0.29) is 172 Å². The first kappa shape index (κ1) is 101. The number of aromatic nitrogens is 2. The number of hydrogen-bond acceptors (Lipinski definition) is 26. The topological polar surface area (TPSA) is 377 Å². The molecule has 12 aliphatic rings. The fourth-order valence-electron chi connectivity index (χ4n) is 16.1. The molecule has 0 spiro atoms. The van der Waals surface area contributed by atoms with E-state index in [9.17, 15) is 64.7 Å². The van der Waals surface area contributed by atoms with Crippen molar-refractivity contribution in [3.63, 3.8) is 0 Å². The van der Waals surface area contributed by atoms with Gasteiger partial charge in [0.05, 0.1) is 5.56 Å². The first-order valence-corrected chi connectivity index (χ1v) is 42.7. The zero-order valence-corrected chi connectivity index (χ0v) is 77.7. The van der Waals surface area contributed by atoms with E-state index in [4.69, 9.17) is 25.4 Å². The Morgan fingerprint density at radius 1 is 0.419 bits per heavy atom. The maximum atomic E-state index is 12.8. The van der Waals surface area contributed by atoms with Crippen LogP contribution in [-0.4, -0.2) is 355 Å². The van der Waals surface area contributed by atoms with E-state index >= 15 is 0 Å². The van der Waals surface area contributed by atoms with Crippen molar-refractivity contribution in [1.29, 1.82) is 0 Å². The normalized spacial score (nSPS) is 18.9. The van der Waals surface area contributed by atoms with E-state index in [1.54, 1.807) is 28.6 Å². The first-order valence-electron chi connectivity index (χ1n) is 41.0. The Bertz CT molecular complexity index is 4510. The summed E-state index contributed by atoms with van der Waals surface area (Å²) in [5.41, 5.74) is 12.1. The molecule has 4 aromatic carbocycles. The van der Waals surface area contributed by atoms with Gasteiger partial charge in [0.1, 0.15) is 0 Å². The molecule has 664 valence electrons. The quantitative estimate of drug-likeness (QED) is 0.0235. The third-order valence-corrected chi connectivity index (χ3v) is 24.7. The van der Waals surface area contributed by atoms with Gasteiger partial charge in [-0.15, -0.1) is 22.7 Å². The molecule has 18 rings (SSSR count). The van der Waals surface area contributed by atoms with Gasteiger partial charge in [0, 0.05) is 277 Å². The van der Waals surface area contributed by atoms with Gasteiger partial charge in [0.15, 0.2) is 5.01 Å². The molecule has 12 aliphatic heterocycles. The van der Waals surface area contributed by atoms with Crippen LogP contribution in [0.25, 0.3) is 0 Å². The summed E-state index contributed by atoms with van der Waals surface area (Å²) in [6.45, 7) is 19.9. The third kappa shape index (κ3) is 27.8. The number of anilines is 4. The number of carbonyl (C=O) groups is 9. The minimum Gasteiger partial charge on any atom is -1.00 e. The summed E-state index contributed by atoms with van der Waals surface area (Å²) in [4.78, 5) is 131. The smallest absolute Gasteiger partial charge is 1.00 e. The van der Waals surface area contributed by atoms with Crippen molar-refractivity contribution >= 4 is 99.3 Å². The van der Waals surface area contributed by atoms with Crippen LogP contribution in [0.3, 0.4) is 0 Å². The number of thiazole rings is 2. The minimum atomic E-state index is -4.81. The number of alkyl halides is 6. The number of aryl methyl sites for hydroxylation is 4. The molecule has 8 fully saturated rings. The number of nitrogens with zero attached hydrogens (tertiary/aromatic N) is 12. The van der Waals surface area contributed by atoms with Crippen LogP contribution in [-0.2, 0) is 45.0 Å². The Morgan fingerprint density at radius 3 is 1.01 bits per heavy atom. The molecule has 2 aromatic heterocycles. The second-order valence-electron chi connectivity index (χ2n) is 30.8. The maximum absolute atomic E-state index is 12.8.